The fourth-order valence-electron chi connectivity index (χ4n) is 2.35. The van der Waals surface area contributed by atoms with E-state index in [1.165, 1.54) is 0 Å². The van der Waals surface area contributed by atoms with Gasteiger partial charge in [0, 0.05) is 12.3 Å². The second kappa shape index (κ2) is 5.87. The zero-order valence-corrected chi connectivity index (χ0v) is 11.6. The van der Waals surface area contributed by atoms with Crippen molar-refractivity contribution in [1.29, 1.82) is 0 Å². The van der Waals surface area contributed by atoms with Gasteiger partial charge in [-0.1, -0.05) is 43.4 Å². The lowest BCUT2D eigenvalue weighted by atomic mass is 9.90. The molecule has 0 aliphatic carbocycles. The molecule has 0 N–H and O–H groups in total. The Kier molecular flexibility index (Phi) is 4.20. The van der Waals surface area contributed by atoms with Crippen molar-refractivity contribution in [2.45, 2.75) is 32.8 Å². The van der Waals surface area contributed by atoms with Gasteiger partial charge in [-0.3, -0.25) is 4.79 Å². The summed E-state index contributed by atoms with van der Waals surface area (Å²) in [6, 6.07) is 7.48. The minimum absolute atomic E-state index is 0.0667. The number of carbonyl (C=O) groups is 1. The minimum Gasteiger partial charge on any atom is -0.489 e. The van der Waals surface area contributed by atoms with Crippen LogP contribution in [0.5, 0.6) is 5.75 Å². The highest BCUT2D eigenvalue weighted by Gasteiger charge is 2.30. The molecule has 1 aromatic carbocycles. The third-order valence-corrected chi connectivity index (χ3v) is 3.43. The standard InChI is InChI=1S/C17H20O2/c1-4-13(10-9-12(2)3)17-11-15(18)14-7-5-6-8-16(14)19-17/h5-10,13,17H,2,4,11H2,1,3H3/b10-9-/t13?,17-/m1/s1. The van der Waals surface area contributed by atoms with Gasteiger partial charge in [-0.05, 0) is 25.5 Å². The van der Waals surface area contributed by atoms with Gasteiger partial charge >= 0.3 is 0 Å². The van der Waals surface area contributed by atoms with Crippen molar-refractivity contribution in [2.24, 2.45) is 5.92 Å². The van der Waals surface area contributed by atoms with Crippen LogP contribution in [-0.4, -0.2) is 11.9 Å². The Bertz CT molecular complexity index is 514. The fourth-order valence-corrected chi connectivity index (χ4v) is 2.35. The summed E-state index contributed by atoms with van der Waals surface area (Å²) in [5, 5.41) is 0. The molecule has 19 heavy (non-hydrogen) atoms. The van der Waals surface area contributed by atoms with Gasteiger partial charge in [0.15, 0.2) is 5.78 Å². The van der Waals surface area contributed by atoms with Crippen molar-refractivity contribution >= 4 is 5.78 Å². The van der Waals surface area contributed by atoms with E-state index >= 15 is 0 Å². The Morgan fingerprint density at radius 1 is 1.53 bits per heavy atom. The number of para-hydroxylation sites is 1. The molecular weight excluding hydrogens is 236 g/mol. The van der Waals surface area contributed by atoms with Crippen LogP contribution in [0.25, 0.3) is 0 Å². The van der Waals surface area contributed by atoms with Crippen molar-refractivity contribution < 1.29 is 9.53 Å². The summed E-state index contributed by atoms with van der Waals surface area (Å²) in [6.07, 6.45) is 5.44. The average Bonchev–Trinajstić information content (AvgIpc) is 2.39. The maximum Gasteiger partial charge on any atom is 0.170 e. The van der Waals surface area contributed by atoms with Gasteiger partial charge in [-0.2, -0.15) is 0 Å². The van der Waals surface area contributed by atoms with Crippen LogP contribution in [0.15, 0.2) is 48.6 Å². The largest absolute Gasteiger partial charge is 0.489 e. The van der Waals surface area contributed by atoms with Gasteiger partial charge in [-0.15, -0.1) is 0 Å². The van der Waals surface area contributed by atoms with Crippen LogP contribution in [0.1, 0.15) is 37.0 Å². The van der Waals surface area contributed by atoms with E-state index in [0.717, 1.165) is 12.0 Å². The van der Waals surface area contributed by atoms with E-state index in [9.17, 15) is 4.79 Å². The zero-order chi connectivity index (χ0) is 13.8. The summed E-state index contributed by atoms with van der Waals surface area (Å²) in [6.45, 7) is 7.94. The van der Waals surface area contributed by atoms with Gasteiger partial charge in [0.25, 0.3) is 0 Å². The van der Waals surface area contributed by atoms with E-state index in [1.54, 1.807) is 0 Å². The molecular formula is C17H20O2. The smallest absolute Gasteiger partial charge is 0.170 e. The number of Topliss-reactive ketones (excluding diaryl/α,β-unsaturated/α-hetero) is 1. The van der Waals surface area contributed by atoms with Crippen LogP contribution in [0, 0.1) is 5.92 Å². The van der Waals surface area contributed by atoms with Crippen molar-refractivity contribution in [2.75, 3.05) is 0 Å². The molecule has 1 unspecified atom stereocenters. The number of fused-ring (bicyclic) bond motifs is 1. The van der Waals surface area contributed by atoms with E-state index in [4.69, 9.17) is 4.74 Å². The third kappa shape index (κ3) is 3.14. The normalized spacial score (nSPS) is 19.9. The molecule has 2 nitrogen and oxygen atoms in total. The second-order valence-corrected chi connectivity index (χ2v) is 5.06. The summed E-state index contributed by atoms with van der Waals surface area (Å²) in [4.78, 5) is 12.1. The van der Waals surface area contributed by atoms with Crippen LogP contribution in [0.3, 0.4) is 0 Å². The molecule has 2 heteroatoms. The summed E-state index contributed by atoms with van der Waals surface area (Å²) in [7, 11) is 0. The fraction of sp³-hybridized carbons (Fsp3) is 0.353. The SMILES string of the molecule is C=C(C)/C=C\C(CC)[C@H]1CC(=O)c2ccccc2O1. The molecule has 0 radical (unpaired) electrons. The van der Waals surface area contributed by atoms with E-state index in [0.29, 0.717) is 17.7 Å². The van der Waals surface area contributed by atoms with Crippen molar-refractivity contribution in [3.63, 3.8) is 0 Å². The number of rotatable bonds is 4. The predicted molar refractivity (Wildman–Crippen MR) is 77.5 cm³/mol. The summed E-state index contributed by atoms with van der Waals surface area (Å²) < 4.78 is 5.99. The molecule has 0 amide bonds. The van der Waals surface area contributed by atoms with Gasteiger partial charge in [-0.25, -0.2) is 0 Å². The first-order valence-electron chi connectivity index (χ1n) is 6.74. The minimum atomic E-state index is -0.0667. The van der Waals surface area contributed by atoms with E-state index < -0.39 is 0 Å². The summed E-state index contributed by atoms with van der Waals surface area (Å²) >= 11 is 0. The van der Waals surface area contributed by atoms with Crippen molar-refractivity contribution in [3.05, 3.63) is 54.1 Å². The second-order valence-electron chi connectivity index (χ2n) is 5.06. The highest BCUT2D eigenvalue weighted by molar-refractivity contribution is 5.99. The first-order chi connectivity index (χ1) is 9.11. The quantitative estimate of drug-likeness (QED) is 0.755. The molecule has 0 saturated heterocycles. The van der Waals surface area contributed by atoms with E-state index in [1.807, 2.05) is 37.3 Å². The van der Waals surface area contributed by atoms with Crippen LogP contribution in [-0.2, 0) is 0 Å². The third-order valence-electron chi connectivity index (χ3n) is 3.43. The molecule has 1 aliphatic heterocycles. The molecule has 0 bridgehead atoms. The van der Waals surface area contributed by atoms with Gasteiger partial charge in [0.2, 0.25) is 0 Å². The molecule has 1 aliphatic rings. The molecule has 2 rings (SSSR count). The number of benzene rings is 1. The number of hydrogen-bond donors (Lipinski definition) is 0. The molecule has 0 fully saturated rings. The Balaban J connectivity index is 2.19. The first kappa shape index (κ1) is 13.6. The summed E-state index contributed by atoms with van der Waals surface area (Å²) in [5.74, 6) is 1.13. The van der Waals surface area contributed by atoms with Crippen LogP contribution < -0.4 is 4.74 Å². The van der Waals surface area contributed by atoms with Crippen LogP contribution in [0.4, 0.5) is 0 Å². The maximum absolute atomic E-state index is 12.1. The van der Waals surface area contributed by atoms with Crippen LogP contribution >= 0.6 is 0 Å². The lowest BCUT2D eigenvalue weighted by Gasteiger charge is -2.29. The molecule has 100 valence electrons. The van der Waals surface area contributed by atoms with Crippen LogP contribution in [0.2, 0.25) is 0 Å². The number of carbonyl (C=O) groups excluding carboxylic acids is 1. The molecule has 0 aromatic heterocycles. The van der Waals surface area contributed by atoms with Crippen molar-refractivity contribution in [1.82, 2.24) is 0 Å². The number of ether oxygens (including phenoxy) is 1. The Hall–Kier alpha value is -1.83. The number of ketones is 1. The highest BCUT2D eigenvalue weighted by Crippen LogP contribution is 2.31. The zero-order valence-electron chi connectivity index (χ0n) is 11.6. The van der Waals surface area contributed by atoms with Crippen molar-refractivity contribution in [3.8, 4) is 5.75 Å². The average molecular weight is 256 g/mol. The number of allylic oxidation sites excluding steroid dienone is 2. The Morgan fingerprint density at radius 2 is 2.26 bits per heavy atom. The lowest BCUT2D eigenvalue weighted by Crippen LogP contribution is -2.32. The summed E-state index contributed by atoms with van der Waals surface area (Å²) in [5.41, 5.74) is 1.72. The first-order valence-corrected chi connectivity index (χ1v) is 6.74. The molecule has 1 aromatic rings. The predicted octanol–water partition coefficient (Wildman–Crippen LogP) is 4.18. The van der Waals surface area contributed by atoms with E-state index in [2.05, 4.69) is 19.6 Å². The van der Waals surface area contributed by atoms with E-state index in [-0.39, 0.29) is 17.8 Å². The molecule has 0 saturated carbocycles. The number of hydrogen-bond acceptors (Lipinski definition) is 2. The maximum atomic E-state index is 12.1. The molecule has 0 spiro atoms. The molecule has 2 atom stereocenters. The van der Waals surface area contributed by atoms with Gasteiger partial charge in [0.1, 0.15) is 11.9 Å². The lowest BCUT2D eigenvalue weighted by molar-refractivity contribution is 0.0779. The Morgan fingerprint density at radius 3 is 2.95 bits per heavy atom. The Labute approximate surface area is 114 Å². The van der Waals surface area contributed by atoms with Gasteiger partial charge < -0.3 is 4.74 Å². The topological polar surface area (TPSA) is 26.3 Å². The molecule has 1 heterocycles. The highest BCUT2D eigenvalue weighted by atomic mass is 16.5. The monoisotopic (exact) mass is 256 g/mol. The van der Waals surface area contributed by atoms with Gasteiger partial charge in [0.05, 0.1) is 5.56 Å².